The van der Waals surface area contributed by atoms with Crippen molar-refractivity contribution in [2.45, 2.75) is 31.1 Å². The molecule has 0 aromatic rings. The summed E-state index contributed by atoms with van der Waals surface area (Å²) in [6.07, 6.45) is 5.02. The Kier molecular flexibility index (Phi) is 5.76. The van der Waals surface area contributed by atoms with Crippen LogP contribution in [-0.4, -0.2) is 32.2 Å². The number of hydrogen-bond acceptors (Lipinski definition) is 2. The summed E-state index contributed by atoms with van der Waals surface area (Å²) >= 11 is 6.10. The lowest BCUT2D eigenvalue weighted by atomic mass is 9.89. The van der Waals surface area contributed by atoms with Crippen LogP contribution in [0.4, 0.5) is 0 Å². The summed E-state index contributed by atoms with van der Waals surface area (Å²) in [5.41, 5.74) is 0. The van der Waals surface area contributed by atoms with E-state index in [9.17, 15) is 0 Å². The van der Waals surface area contributed by atoms with Crippen LogP contribution in [0.2, 0.25) is 0 Å². The first kappa shape index (κ1) is 11.3. The van der Waals surface area contributed by atoms with Gasteiger partial charge in [0, 0.05) is 19.0 Å². The van der Waals surface area contributed by atoms with Crippen LogP contribution in [0.3, 0.4) is 0 Å². The maximum Gasteiger partial charge on any atom is 0.0587 e. The molecule has 1 saturated carbocycles. The zero-order valence-corrected chi connectivity index (χ0v) is 9.15. The highest BCUT2D eigenvalue weighted by Gasteiger charge is 2.19. The van der Waals surface area contributed by atoms with Gasteiger partial charge in [-0.1, -0.05) is 6.42 Å². The first-order chi connectivity index (χ1) is 6.33. The van der Waals surface area contributed by atoms with Crippen LogP contribution in [0.5, 0.6) is 0 Å². The second kappa shape index (κ2) is 6.63. The average molecular weight is 206 g/mol. The molecule has 0 aromatic carbocycles. The number of hydrogen-bond donors (Lipinski definition) is 1. The van der Waals surface area contributed by atoms with Crippen LogP contribution >= 0.6 is 11.6 Å². The van der Waals surface area contributed by atoms with E-state index in [-0.39, 0.29) is 0 Å². The SMILES string of the molecule is COCCNCC1CCCC(Cl)C1. The summed E-state index contributed by atoms with van der Waals surface area (Å²) in [6.45, 7) is 2.86. The third kappa shape index (κ3) is 4.84. The Balaban J connectivity index is 2.00. The van der Waals surface area contributed by atoms with Gasteiger partial charge in [-0.15, -0.1) is 11.6 Å². The molecule has 1 rings (SSSR count). The Morgan fingerprint density at radius 3 is 3.00 bits per heavy atom. The molecule has 2 nitrogen and oxygen atoms in total. The van der Waals surface area contributed by atoms with Gasteiger partial charge in [0.15, 0.2) is 0 Å². The molecule has 78 valence electrons. The molecule has 1 aliphatic carbocycles. The number of rotatable bonds is 5. The van der Waals surface area contributed by atoms with E-state index in [1.54, 1.807) is 7.11 Å². The minimum atomic E-state index is 0.419. The monoisotopic (exact) mass is 205 g/mol. The zero-order valence-electron chi connectivity index (χ0n) is 8.39. The molecular formula is C10H20ClNO. The fourth-order valence-corrected chi connectivity index (χ4v) is 2.30. The first-order valence-corrected chi connectivity index (χ1v) is 5.60. The summed E-state index contributed by atoms with van der Waals surface area (Å²) in [7, 11) is 1.73. The van der Waals surface area contributed by atoms with Gasteiger partial charge in [-0.25, -0.2) is 0 Å². The van der Waals surface area contributed by atoms with Crippen molar-refractivity contribution in [1.29, 1.82) is 0 Å². The maximum absolute atomic E-state index is 6.10. The van der Waals surface area contributed by atoms with Crippen molar-refractivity contribution in [3.8, 4) is 0 Å². The quantitative estimate of drug-likeness (QED) is 0.548. The number of ether oxygens (including phenoxy) is 1. The lowest BCUT2D eigenvalue weighted by molar-refractivity contribution is 0.196. The molecule has 2 unspecified atom stereocenters. The van der Waals surface area contributed by atoms with Gasteiger partial charge in [-0.05, 0) is 31.7 Å². The molecule has 2 atom stereocenters. The Morgan fingerprint density at radius 1 is 1.46 bits per heavy atom. The number of methoxy groups -OCH3 is 1. The van der Waals surface area contributed by atoms with Gasteiger partial charge >= 0.3 is 0 Å². The molecule has 3 heteroatoms. The van der Waals surface area contributed by atoms with Gasteiger partial charge in [0.2, 0.25) is 0 Å². The van der Waals surface area contributed by atoms with Crippen molar-refractivity contribution < 1.29 is 4.74 Å². The van der Waals surface area contributed by atoms with Crippen molar-refractivity contribution in [2.24, 2.45) is 5.92 Å². The highest BCUT2D eigenvalue weighted by atomic mass is 35.5. The van der Waals surface area contributed by atoms with Gasteiger partial charge in [0.25, 0.3) is 0 Å². The van der Waals surface area contributed by atoms with Crippen LogP contribution in [0.1, 0.15) is 25.7 Å². The van der Waals surface area contributed by atoms with Crippen LogP contribution in [0.15, 0.2) is 0 Å². The van der Waals surface area contributed by atoms with E-state index in [1.807, 2.05) is 0 Å². The molecule has 1 fully saturated rings. The summed E-state index contributed by atoms with van der Waals surface area (Å²) in [5.74, 6) is 0.785. The van der Waals surface area contributed by atoms with E-state index in [1.165, 1.54) is 25.7 Å². The van der Waals surface area contributed by atoms with Gasteiger partial charge in [-0.2, -0.15) is 0 Å². The molecule has 0 heterocycles. The van der Waals surface area contributed by atoms with E-state index >= 15 is 0 Å². The fourth-order valence-electron chi connectivity index (χ4n) is 1.89. The number of nitrogens with one attached hydrogen (secondary N) is 1. The molecule has 0 radical (unpaired) electrons. The zero-order chi connectivity index (χ0) is 9.52. The number of alkyl halides is 1. The van der Waals surface area contributed by atoms with Crippen LogP contribution in [-0.2, 0) is 4.74 Å². The second-order valence-electron chi connectivity index (χ2n) is 3.83. The van der Waals surface area contributed by atoms with Gasteiger partial charge < -0.3 is 10.1 Å². The molecule has 0 amide bonds. The third-order valence-electron chi connectivity index (χ3n) is 2.63. The largest absolute Gasteiger partial charge is 0.383 e. The Labute approximate surface area is 86.0 Å². The van der Waals surface area contributed by atoms with Crippen molar-refractivity contribution in [3.05, 3.63) is 0 Å². The predicted molar refractivity (Wildman–Crippen MR) is 56.3 cm³/mol. The molecule has 0 aromatic heterocycles. The van der Waals surface area contributed by atoms with Crippen molar-refractivity contribution in [2.75, 3.05) is 26.8 Å². The Hall–Kier alpha value is 0.210. The lowest BCUT2D eigenvalue weighted by Crippen LogP contribution is -2.29. The minimum absolute atomic E-state index is 0.419. The highest BCUT2D eigenvalue weighted by Crippen LogP contribution is 2.27. The van der Waals surface area contributed by atoms with E-state index < -0.39 is 0 Å². The highest BCUT2D eigenvalue weighted by molar-refractivity contribution is 6.20. The topological polar surface area (TPSA) is 21.3 Å². The van der Waals surface area contributed by atoms with Crippen LogP contribution in [0, 0.1) is 5.92 Å². The van der Waals surface area contributed by atoms with E-state index in [4.69, 9.17) is 16.3 Å². The summed E-state index contributed by atoms with van der Waals surface area (Å²) in [4.78, 5) is 0. The van der Waals surface area contributed by atoms with Gasteiger partial charge in [0.05, 0.1) is 6.61 Å². The van der Waals surface area contributed by atoms with E-state index in [2.05, 4.69) is 5.32 Å². The smallest absolute Gasteiger partial charge is 0.0587 e. The Morgan fingerprint density at radius 2 is 2.31 bits per heavy atom. The molecule has 1 N–H and O–H groups in total. The minimum Gasteiger partial charge on any atom is -0.383 e. The molecule has 0 aliphatic heterocycles. The Bertz CT molecular complexity index is 132. The summed E-state index contributed by atoms with van der Waals surface area (Å²) in [6, 6.07) is 0. The van der Waals surface area contributed by atoms with E-state index in [0.29, 0.717) is 5.38 Å². The molecule has 0 saturated heterocycles. The maximum atomic E-state index is 6.10. The second-order valence-corrected chi connectivity index (χ2v) is 4.44. The number of halogens is 1. The first-order valence-electron chi connectivity index (χ1n) is 5.16. The molecular weight excluding hydrogens is 186 g/mol. The third-order valence-corrected chi connectivity index (χ3v) is 3.03. The lowest BCUT2D eigenvalue weighted by Gasteiger charge is -2.25. The average Bonchev–Trinajstić information content (AvgIpc) is 2.13. The normalized spacial score (nSPS) is 29.1. The van der Waals surface area contributed by atoms with Gasteiger partial charge in [0.1, 0.15) is 0 Å². The van der Waals surface area contributed by atoms with Gasteiger partial charge in [-0.3, -0.25) is 0 Å². The van der Waals surface area contributed by atoms with E-state index in [0.717, 1.165) is 25.6 Å². The summed E-state index contributed by atoms with van der Waals surface area (Å²) < 4.78 is 4.96. The molecule has 0 bridgehead atoms. The van der Waals surface area contributed by atoms with Crippen molar-refractivity contribution >= 4 is 11.6 Å². The van der Waals surface area contributed by atoms with Crippen molar-refractivity contribution in [3.63, 3.8) is 0 Å². The molecule has 1 aliphatic rings. The standard InChI is InChI=1S/C10H20ClNO/c1-13-6-5-12-8-9-3-2-4-10(11)7-9/h9-10,12H,2-8H2,1H3. The van der Waals surface area contributed by atoms with Crippen LogP contribution in [0.25, 0.3) is 0 Å². The summed E-state index contributed by atoms with van der Waals surface area (Å²) in [5, 5.41) is 3.81. The predicted octanol–water partition coefficient (Wildman–Crippen LogP) is 2.02. The molecule has 0 spiro atoms. The van der Waals surface area contributed by atoms with Crippen LogP contribution < -0.4 is 5.32 Å². The molecule has 13 heavy (non-hydrogen) atoms. The fraction of sp³-hybridized carbons (Fsp3) is 1.00. The van der Waals surface area contributed by atoms with Crippen molar-refractivity contribution in [1.82, 2.24) is 5.32 Å².